The quantitative estimate of drug-likeness (QED) is 0.418. The fourth-order valence-corrected chi connectivity index (χ4v) is 4.76. The number of allylic oxidation sites excluding steroid dienone is 1. The van der Waals surface area contributed by atoms with Crippen LogP contribution >= 0.6 is 7.60 Å². The Morgan fingerprint density at radius 2 is 1.73 bits per heavy atom. The lowest BCUT2D eigenvalue weighted by molar-refractivity contribution is 0.226. The second-order valence-electron chi connectivity index (χ2n) is 6.49. The molecule has 2 aromatic carbocycles. The largest absolute Gasteiger partial charge is 0.422 e. The summed E-state index contributed by atoms with van der Waals surface area (Å²) in [5, 5.41) is 3.88. The van der Waals surface area contributed by atoms with Crippen LogP contribution in [-0.2, 0) is 13.6 Å². The molecule has 0 aliphatic carbocycles. The Labute approximate surface area is 173 Å². The second-order valence-corrected chi connectivity index (χ2v) is 8.48. The van der Waals surface area contributed by atoms with E-state index in [1.165, 1.54) is 6.08 Å². The first-order valence-corrected chi connectivity index (χ1v) is 11.2. The van der Waals surface area contributed by atoms with Crippen LogP contribution in [-0.4, -0.2) is 18.9 Å². The van der Waals surface area contributed by atoms with E-state index in [9.17, 15) is 9.36 Å². The molecular weight excluding hydrogens is 403 g/mol. The van der Waals surface area contributed by atoms with Crippen LogP contribution in [0.2, 0.25) is 0 Å². The van der Waals surface area contributed by atoms with Gasteiger partial charge in [-0.1, -0.05) is 30.3 Å². The van der Waals surface area contributed by atoms with E-state index in [0.29, 0.717) is 22.7 Å². The third-order valence-corrected chi connectivity index (χ3v) is 6.52. The molecule has 30 heavy (non-hydrogen) atoms. The smallest absolute Gasteiger partial charge is 0.377 e. The first kappa shape index (κ1) is 20.3. The van der Waals surface area contributed by atoms with Crippen LogP contribution in [0.15, 0.2) is 80.3 Å². The van der Waals surface area contributed by atoms with Gasteiger partial charge in [-0.15, -0.1) is 0 Å². The maximum Gasteiger partial charge on any atom is 0.377 e. The summed E-state index contributed by atoms with van der Waals surface area (Å²) >= 11 is 0. The fourth-order valence-electron chi connectivity index (χ4n) is 3.18. The van der Waals surface area contributed by atoms with Crippen LogP contribution in [0.1, 0.15) is 19.4 Å². The van der Waals surface area contributed by atoms with E-state index in [4.69, 9.17) is 13.5 Å². The van der Waals surface area contributed by atoms with Gasteiger partial charge in [0.05, 0.1) is 35.9 Å². The lowest BCUT2D eigenvalue weighted by atomic mass is 10.1. The van der Waals surface area contributed by atoms with Crippen LogP contribution in [0.25, 0.3) is 11.0 Å². The van der Waals surface area contributed by atoms with E-state index in [-0.39, 0.29) is 24.2 Å². The van der Waals surface area contributed by atoms with Crippen LogP contribution in [0.3, 0.4) is 0 Å². The number of hydrogen-bond donors (Lipinski definition) is 1. The number of nitrogens with zero attached hydrogens (tertiary/aromatic N) is 1. The van der Waals surface area contributed by atoms with Gasteiger partial charge in [-0.05, 0) is 44.2 Å². The molecule has 0 atom stereocenters. The van der Waals surface area contributed by atoms with E-state index in [1.807, 2.05) is 24.3 Å². The number of nitrogens with one attached hydrogen (secondary N) is 1. The lowest BCUT2D eigenvalue weighted by Gasteiger charge is -2.20. The van der Waals surface area contributed by atoms with Gasteiger partial charge in [-0.25, -0.2) is 9.79 Å². The number of anilines is 1. The molecule has 4 rings (SSSR count). The third-order valence-electron chi connectivity index (χ3n) is 4.49. The van der Waals surface area contributed by atoms with Gasteiger partial charge in [-0.2, -0.15) is 0 Å². The number of rotatable bonds is 6. The minimum absolute atomic E-state index is 0.197. The molecule has 1 aromatic heterocycles. The second kappa shape index (κ2) is 8.40. The first-order valence-electron chi connectivity index (χ1n) is 9.63. The molecule has 7 nitrogen and oxygen atoms in total. The molecule has 8 heteroatoms. The van der Waals surface area contributed by atoms with Gasteiger partial charge in [-0.3, -0.25) is 4.57 Å². The fraction of sp³-hybridized carbons (Fsp3) is 0.182. The van der Waals surface area contributed by atoms with Gasteiger partial charge < -0.3 is 18.8 Å². The number of para-hydroxylation sites is 3. The Kier molecular flexibility index (Phi) is 5.68. The van der Waals surface area contributed by atoms with Crippen molar-refractivity contribution in [2.45, 2.75) is 13.8 Å². The van der Waals surface area contributed by atoms with Crippen LogP contribution < -0.4 is 10.9 Å². The summed E-state index contributed by atoms with van der Waals surface area (Å²) < 4.78 is 30.0. The average molecular weight is 424 g/mol. The molecule has 2 heterocycles. The molecule has 3 aromatic rings. The Morgan fingerprint density at radius 3 is 2.50 bits per heavy atom. The summed E-state index contributed by atoms with van der Waals surface area (Å²) in [6.07, 6.45) is 1.53. The highest BCUT2D eigenvalue weighted by Crippen LogP contribution is 2.56. The maximum atomic E-state index is 13.5. The maximum absolute atomic E-state index is 13.5. The Balaban J connectivity index is 1.94. The van der Waals surface area contributed by atoms with Crippen molar-refractivity contribution in [3.63, 3.8) is 0 Å². The number of benzene rings is 2. The van der Waals surface area contributed by atoms with Gasteiger partial charge in [0.2, 0.25) is 0 Å². The summed E-state index contributed by atoms with van der Waals surface area (Å²) in [5.74, 6) is 0. The topological polar surface area (TPSA) is 90.1 Å². The van der Waals surface area contributed by atoms with Gasteiger partial charge >= 0.3 is 13.2 Å². The zero-order valence-electron chi connectivity index (χ0n) is 16.6. The van der Waals surface area contributed by atoms with E-state index in [2.05, 4.69) is 10.3 Å². The molecule has 0 bridgehead atoms. The molecule has 0 fully saturated rings. The van der Waals surface area contributed by atoms with Crippen molar-refractivity contribution >= 4 is 35.7 Å². The summed E-state index contributed by atoms with van der Waals surface area (Å²) in [6, 6.07) is 16.2. The van der Waals surface area contributed by atoms with Gasteiger partial charge in [0.15, 0.2) is 0 Å². The molecule has 1 N–H and O–H groups in total. The van der Waals surface area contributed by atoms with Gasteiger partial charge in [0, 0.05) is 5.39 Å². The van der Waals surface area contributed by atoms with Crippen LogP contribution in [0.4, 0.5) is 11.4 Å². The standard InChI is InChI=1S/C22H21N2O5P/c1-3-27-30(26,28-4-2)21-14-19(23-17-10-6-7-11-18(17)24-21)16-13-15-9-5-8-12-20(15)29-22(16)25/h5-14,24H,3-4H2,1-2H3. The van der Waals surface area contributed by atoms with E-state index >= 15 is 0 Å². The van der Waals surface area contributed by atoms with Crippen molar-refractivity contribution in [2.24, 2.45) is 4.99 Å². The van der Waals surface area contributed by atoms with Crippen molar-refractivity contribution in [1.29, 1.82) is 0 Å². The van der Waals surface area contributed by atoms with Crippen molar-refractivity contribution in [3.05, 3.63) is 82.1 Å². The highest BCUT2D eigenvalue weighted by Gasteiger charge is 2.32. The molecule has 0 radical (unpaired) electrons. The van der Waals surface area contributed by atoms with Crippen molar-refractivity contribution < 1.29 is 18.0 Å². The summed E-state index contributed by atoms with van der Waals surface area (Å²) in [6.45, 7) is 3.87. The Morgan fingerprint density at radius 1 is 1.03 bits per heavy atom. The third kappa shape index (κ3) is 3.87. The highest BCUT2D eigenvalue weighted by atomic mass is 31.2. The van der Waals surface area contributed by atoms with Crippen molar-refractivity contribution in [3.8, 4) is 0 Å². The predicted molar refractivity (Wildman–Crippen MR) is 118 cm³/mol. The van der Waals surface area contributed by atoms with Crippen molar-refractivity contribution in [2.75, 3.05) is 18.5 Å². The summed E-state index contributed by atoms with van der Waals surface area (Å²) in [7, 11) is -3.66. The number of fused-ring (bicyclic) bond motifs is 2. The van der Waals surface area contributed by atoms with E-state index in [1.54, 1.807) is 44.2 Å². The van der Waals surface area contributed by atoms with Crippen LogP contribution in [0.5, 0.6) is 0 Å². The molecule has 0 saturated heterocycles. The monoisotopic (exact) mass is 424 g/mol. The average Bonchev–Trinajstić information content (AvgIpc) is 2.94. The molecule has 0 amide bonds. The van der Waals surface area contributed by atoms with Gasteiger partial charge in [0.25, 0.3) is 0 Å². The normalized spacial score (nSPS) is 13.8. The molecule has 1 aliphatic rings. The van der Waals surface area contributed by atoms with Crippen LogP contribution in [0, 0.1) is 0 Å². The van der Waals surface area contributed by atoms with E-state index < -0.39 is 13.2 Å². The van der Waals surface area contributed by atoms with Gasteiger partial charge in [0.1, 0.15) is 11.0 Å². The first-order chi connectivity index (χ1) is 14.5. The molecule has 1 aliphatic heterocycles. The summed E-state index contributed by atoms with van der Waals surface area (Å²) in [4.78, 5) is 17.4. The molecule has 0 saturated carbocycles. The minimum Gasteiger partial charge on any atom is -0.422 e. The number of aliphatic imine (C=N–C) groups is 1. The minimum atomic E-state index is -3.66. The zero-order valence-corrected chi connectivity index (χ0v) is 17.5. The molecule has 0 spiro atoms. The Bertz CT molecular complexity index is 1250. The highest BCUT2D eigenvalue weighted by molar-refractivity contribution is 7.58. The van der Waals surface area contributed by atoms with Crippen molar-refractivity contribution in [1.82, 2.24) is 0 Å². The molecular formula is C22H21N2O5P. The predicted octanol–water partition coefficient (Wildman–Crippen LogP) is 5.45. The number of hydrogen-bond acceptors (Lipinski definition) is 7. The molecule has 0 unspecified atom stereocenters. The molecule has 154 valence electrons. The SMILES string of the molecule is CCOP(=O)(OCC)C1=CC(c2cc3ccccc3oc2=O)=Nc2ccccc2N1. The summed E-state index contributed by atoms with van der Waals surface area (Å²) in [5.41, 5.74) is 1.94. The Hall–Kier alpha value is -2.99. The lowest BCUT2D eigenvalue weighted by Crippen LogP contribution is -2.14. The zero-order chi connectivity index (χ0) is 21.1. The van der Waals surface area contributed by atoms with E-state index in [0.717, 1.165) is 5.39 Å².